The van der Waals surface area contributed by atoms with Crippen molar-refractivity contribution in [2.45, 2.75) is 6.43 Å². The molecule has 0 radical (unpaired) electrons. The Morgan fingerprint density at radius 1 is 1.50 bits per heavy atom. The van der Waals surface area contributed by atoms with Crippen molar-refractivity contribution in [1.29, 1.82) is 0 Å². The lowest BCUT2D eigenvalue weighted by atomic mass is 10.2. The normalized spacial score (nSPS) is 10.8. The molecule has 0 saturated carbocycles. The number of carbonyl (C=O) groups excluding carboxylic acids is 1. The molecule has 1 rings (SSSR count). The molecule has 0 aliphatic heterocycles. The Hall–Kier alpha value is -0.280. The fourth-order valence-corrected chi connectivity index (χ4v) is 2.30. The van der Waals surface area contributed by atoms with E-state index in [4.69, 9.17) is 5.11 Å². The van der Waals surface area contributed by atoms with E-state index in [2.05, 4.69) is 15.9 Å². The molecule has 3 nitrogen and oxygen atoms in total. The van der Waals surface area contributed by atoms with Crippen LogP contribution < -0.4 is 0 Å². The fraction of sp³-hybridized carbons (Fsp3) is 0.364. The van der Waals surface area contributed by atoms with Crippen molar-refractivity contribution >= 4 is 44.4 Å². The number of carbonyl (C=O) groups is 1. The van der Waals surface area contributed by atoms with E-state index in [1.807, 2.05) is 22.6 Å². The number of hydrogen-bond donors (Lipinski definition) is 1. The topological polar surface area (TPSA) is 40.5 Å². The zero-order valence-corrected chi connectivity index (χ0v) is 13.0. The average molecular weight is 434 g/mol. The van der Waals surface area contributed by atoms with Gasteiger partial charge in [0.15, 0.2) is 0 Å². The Labute approximate surface area is 125 Å². The van der Waals surface area contributed by atoms with Gasteiger partial charge in [-0.2, -0.15) is 0 Å². The first-order valence-corrected chi connectivity index (χ1v) is 6.96. The Morgan fingerprint density at radius 3 is 2.72 bits per heavy atom. The Morgan fingerprint density at radius 2 is 2.17 bits per heavy atom. The number of halogens is 4. The smallest absolute Gasteiger partial charge is 0.255 e. The lowest BCUT2D eigenvalue weighted by Gasteiger charge is -2.22. The van der Waals surface area contributed by atoms with Crippen molar-refractivity contribution in [3.05, 3.63) is 31.8 Å². The molecule has 7 heteroatoms. The van der Waals surface area contributed by atoms with Crippen LogP contribution in [0.4, 0.5) is 8.78 Å². The molecule has 0 spiro atoms. The molecule has 1 aromatic carbocycles. The summed E-state index contributed by atoms with van der Waals surface area (Å²) in [6.45, 7) is -1.14. The highest BCUT2D eigenvalue weighted by molar-refractivity contribution is 14.1. The highest BCUT2D eigenvalue weighted by Gasteiger charge is 2.21. The highest BCUT2D eigenvalue weighted by Crippen LogP contribution is 2.21. The molecule has 1 aromatic rings. The molecular formula is C11H11BrF2INO2. The predicted molar refractivity (Wildman–Crippen MR) is 75.9 cm³/mol. The molecule has 0 fully saturated rings. The van der Waals surface area contributed by atoms with Gasteiger partial charge in [0.25, 0.3) is 12.3 Å². The van der Waals surface area contributed by atoms with Crippen LogP contribution in [0.3, 0.4) is 0 Å². The molecule has 0 unspecified atom stereocenters. The van der Waals surface area contributed by atoms with Crippen LogP contribution in [-0.2, 0) is 0 Å². The van der Waals surface area contributed by atoms with Crippen LogP contribution in [0.25, 0.3) is 0 Å². The molecule has 0 aromatic heterocycles. The maximum atomic E-state index is 12.4. The minimum atomic E-state index is -2.62. The number of nitrogens with zero attached hydrogens (tertiary/aromatic N) is 1. The monoisotopic (exact) mass is 433 g/mol. The van der Waals surface area contributed by atoms with Crippen molar-refractivity contribution in [2.24, 2.45) is 0 Å². The van der Waals surface area contributed by atoms with Crippen LogP contribution in [0.2, 0.25) is 0 Å². The second-order valence-corrected chi connectivity index (χ2v) is 5.59. The number of rotatable bonds is 5. The molecule has 0 saturated heterocycles. The van der Waals surface area contributed by atoms with E-state index in [0.717, 1.165) is 8.47 Å². The standard InChI is InChI=1S/C11H11BrF2INO2/c12-9-2-1-7(15)5-8(9)11(18)16(3-4-17)6-10(13)14/h1-2,5,10,17H,3-4,6H2. The maximum absolute atomic E-state index is 12.4. The Balaban J connectivity index is 2.97. The van der Waals surface area contributed by atoms with Crippen LogP contribution in [0.1, 0.15) is 10.4 Å². The largest absolute Gasteiger partial charge is 0.395 e. The van der Waals surface area contributed by atoms with Gasteiger partial charge in [-0.05, 0) is 56.7 Å². The second-order valence-electron chi connectivity index (χ2n) is 3.49. The lowest BCUT2D eigenvalue weighted by molar-refractivity contribution is 0.0508. The number of benzene rings is 1. The van der Waals surface area contributed by atoms with Crippen molar-refractivity contribution < 1.29 is 18.7 Å². The fourth-order valence-electron chi connectivity index (χ4n) is 1.39. The summed E-state index contributed by atoms with van der Waals surface area (Å²) < 4.78 is 26.1. The van der Waals surface area contributed by atoms with Gasteiger partial charge in [-0.1, -0.05) is 0 Å². The van der Waals surface area contributed by atoms with E-state index in [1.165, 1.54) is 0 Å². The van der Waals surface area contributed by atoms with Gasteiger partial charge < -0.3 is 10.0 Å². The highest BCUT2D eigenvalue weighted by atomic mass is 127. The molecule has 0 bridgehead atoms. The summed E-state index contributed by atoms with van der Waals surface area (Å²) >= 11 is 5.25. The molecular weight excluding hydrogens is 423 g/mol. The molecule has 18 heavy (non-hydrogen) atoms. The SMILES string of the molecule is O=C(c1cc(I)ccc1Br)N(CCO)CC(F)F. The molecule has 100 valence electrons. The van der Waals surface area contributed by atoms with E-state index < -0.39 is 18.9 Å². The van der Waals surface area contributed by atoms with Crippen LogP contribution in [0.15, 0.2) is 22.7 Å². The van der Waals surface area contributed by atoms with E-state index in [1.54, 1.807) is 18.2 Å². The van der Waals surface area contributed by atoms with Crippen LogP contribution in [-0.4, -0.2) is 42.0 Å². The van der Waals surface area contributed by atoms with Crippen molar-refractivity contribution in [2.75, 3.05) is 19.7 Å². The summed E-state index contributed by atoms with van der Waals surface area (Å²) in [5.74, 6) is -0.519. The van der Waals surface area contributed by atoms with Gasteiger partial charge in [-0.15, -0.1) is 0 Å². The van der Waals surface area contributed by atoms with Crippen molar-refractivity contribution in [3.8, 4) is 0 Å². The second kappa shape index (κ2) is 7.34. The number of aliphatic hydroxyl groups is 1. The van der Waals surface area contributed by atoms with Gasteiger partial charge >= 0.3 is 0 Å². The van der Waals surface area contributed by atoms with Gasteiger partial charge in [0.1, 0.15) is 0 Å². The third-order valence-corrected chi connectivity index (χ3v) is 3.54. The minimum Gasteiger partial charge on any atom is -0.395 e. The third-order valence-electron chi connectivity index (χ3n) is 2.17. The average Bonchev–Trinajstić information content (AvgIpc) is 2.30. The van der Waals surface area contributed by atoms with Gasteiger partial charge in [0.05, 0.1) is 18.7 Å². The lowest BCUT2D eigenvalue weighted by Crippen LogP contribution is -2.37. The van der Waals surface area contributed by atoms with Crippen LogP contribution in [0, 0.1) is 3.57 Å². The first kappa shape index (κ1) is 15.8. The van der Waals surface area contributed by atoms with Gasteiger partial charge in [0, 0.05) is 14.6 Å². The minimum absolute atomic E-state index is 0.110. The van der Waals surface area contributed by atoms with E-state index >= 15 is 0 Å². The first-order valence-electron chi connectivity index (χ1n) is 5.09. The first-order chi connectivity index (χ1) is 8.45. The molecule has 0 heterocycles. The van der Waals surface area contributed by atoms with E-state index in [-0.39, 0.29) is 13.2 Å². The molecule has 1 N–H and O–H groups in total. The van der Waals surface area contributed by atoms with Gasteiger partial charge in [-0.25, -0.2) is 8.78 Å². The summed E-state index contributed by atoms with van der Waals surface area (Å²) in [4.78, 5) is 13.0. The van der Waals surface area contributed by atoms with Gasteiger partial charge in [0.2, 0.25) is 0 Å². The Bertz CT molecular complexity index is 432. The third kappa shape index (κ3) is 4.43. The number of amides is 1. The summed E-state index contributed by atoms with van der Waals surface area (Å²) in [7, 11) is 0. The summed E-state index contributed by atoms with van der Waals surface area (Å²) in [6, 6.07) is 5.10. The van der Waals surface area contributed by atoms with E-state index in [9.17, 15) is 13.6 Å². The molecule has 1 amide bonds. The summed E-state index contributed by atoms with van der Waals surface area (Å²) in [5, 5.41) is 8.82. The maximum Gasteiger partial charge on any atom is 0.255 e. The number of hydrogen-bond acceptors (Lipinski definition) is 2. The molecule has 0 atom stereocenters. The van der Waals surface area contributed by atoms with Gasteiger partial charge in [-0.3, -0.25) is 4.79 Å². The molecule has 0 aliphatic carbocycles. The van der Waals surface area contributed by atoms with Crippen LogP contribution in [0.5, 0.6) is 0 Å². The number of alkyl halides is 2. The van der Waals surface area contributed by atoms with Crippen LogP contribution >= 0.6 is 38.5 Å². The number of aliphatic hydroxyl groups excluding tert-OH is 1. The zero-order valence-electron chi connectivity index (χ0n) is 9.25. The van der Waals surface area contributed by atoms with Crippen molar-refractivity contribution in [1.82, 2.24) is 4.90 Å². The zero-order chi connectivity index (χ0) is 13.7. The van der Waals surface area contributed by atoms with E-state index in [0.29, 0.717) is 10.0 Å². The quantitative estimate of drug-likeness (QED) is 0.725. The Kier molecular flexibility index (Phi) is 6.44. The van der Waals surface area contributed by atoms with Crippen molar-refractivity contribution in [3.63, 3.8) is 0 Å². The molecule has 0 aliphatic rings. The predicted octanol–water partition coefficient (Wildman–Crippen LogP) is 2.75. The summed E-state index contributed by atoms with van der Waals surface area (Å²) in [5.41, 5.74) is 0.316. The summed E-state index contributed by atoms with van der Waals surface area (Å²) in [6.07, 6.45) is -2.62.